The van der Waals surface area contributed by atoms with Gasteiger partial charge in [0.05, 0.1) is 11.1 Å². The van der Waals surface area contributed by atoms with Crippen LogP contribution in [0.1, 0.15) is 68.2 Å². The van der Waals surface area contributed by atoms with E-state index in [0.717, 1.165) is 35.0 Å². The molecule has 1 unspecified atom stereocenters. The number of nitrogens with one attached hydrogen (secondary N) is 1. The summed E-state index contributed by atoms with van der Waals surface area (Å²) in [6.07, 6.45) is 0.856. The molecule has 7 heteroatoms. The maximum Gasteiger partial charge on any atom is 0.253 e. The Morgan fingerprint density at radius 1 is 1.09 bits per heavy atom. The summed E-state index contributed by atoms with van der Waals surface area (Å²) in [5, 5.41) is 13.9. The molecule has 0 saturated heterocycles. The molecule has 0 aliphatic carbocycles. The summed E-state index contributed by atoms with van der Waals surface area (Å²) >= 11 is 0. The van der Waals surface area contributed by atoms with Crippen molar-refractivity contribution in [2.24, 2.45) is 0 Å². The highest BCUT2D eigenvalue weighted by Crippen LogP contribution is 2.32. The Kier molecular flexibility index (Phi) is 6.66. The Balaban J connectivity index is 1.94. The lowest BCUT2D eigenvalue weighted by Gasteiger charge is -2.33. The zero-order valence-corrected chi connectivity index (χ0v) is 21.0. The van der Waals surface area contributed by atoms with Crippen molar-refractivity contribution in [1.29, 1.82) is 0 Å². The highest BCUT2D eigenvalue weighted by molar-refractivity contribution is 5.83. The van der Waals surface area contributed by atoms with E-state index in [1.807, 2.05) is 35.9 Å². The second-order valence-corrected chi connectivity index (χ2v) is 9.67. The second kappa shape index (κ2) is 9.50. The van der Waals surface area contributed by atoms with Crippen molar-refractivity contribution in [3.8, 4) is 0 Å². The van der Waals surface area contributed by atoms with E-state index in [-0.39, 0.29) is 11.1 Å². The van der Waals surface area contributed by atoms with Gasteiger partial charge in [0.15, 0.2) is 5.82 Å². The lowest BCUT2D eigenvalue weighted by atomic mass is 9.98. The molecule has 0 amide bonds. The van der Waals surface area contributed by atoms with Crippen LogP contribution in [0.4, 0.5) is 0 Å². The average Bonchev–Trinajstić information content (AvgIpc) is 3.30. The van der Waals surface area contributed by atoms with Gasteiger partial charge in [-0.05, 0) is 79.7 Å². The Bertz CT molecular complexity index is 1340. The Morgan fingerprint density at radius 3 is 2.50 bits per heavy atom. The number of aryl methyl sites for hydroxylation is 2. The van der Waals surface area contributed by atoms with Gasteiger partial charge < -0.3 is 4.98 Å². The van der Waals surface area contributed by atoms with Gasteiger partial charge in [-0.25, -0.2) is 4.68 Å². The van der Waals surface area contributed by atoms with Crippen molar-refractivity contribution in [3.05, 3.63) is 87.0 Å². The van der Waals surface area contributed by atoms with Crippen LogP contribution < -0.4 is 5.56 Å². The SMILES string of the molecule is CCN(Cc1ccccc1)C(c1cc2cc(C)cc(C)c2[nH]c1=O)c1nnnn1C(C)(C)CC. The molecule has 34 heavy (non-hydrogen) atoms. The number of pyridine rings is 1. The number of rotatable bonds is 8. The molecule has 2 aromatic heterocycles. The fraction of sp³-hybridized carbons (Fsp3) is 0.407. The first kappa shape index (κ1) is 23.8. The summed E-state index contributed by atoms with van der Waals surface area (Å²) in [7, 11) is 0. The smallest absolute Gasteiger partial charge is 0.253 e. The zero-order chi connectivity index (χ0) is 24.5. The van der Waals surface area contributed by atoms with Gasteiger partial charge in [-0.1, -0.05) is 55.8 Å². The van der Waals surface area contributed by atoms with Crippen LogP contribution in [0.5, 0.6) is 0 Å². The van der Waals surface area contributed by atoms with Gasteiger partial charge in [0.1, 0.15) is 6.04 Å². The Morgan fingerprint density at radius 2 is 1.82 bits per heavy atom. The number of hydrogen-bond donors (Lipinski definition) is 1. The maximum absolute atomic E-state index is 13.6. The quantitative estimate of drug-likeness (QED) is 0.407. The van der Waals surface area contributed by atoms with E-state index < -0.39 is 6.04 Å². The fourth-order valence-corrected chi connectivity index (χ4v) is 4.56. The average molecular weight is 459 g/mol. The molecule has 2 aromatic carbocycles. The predicted octanol–water partition coefficient (Wildman–Crippen LogP) is 4.89. The molecular formula is C27H34N6O. The van der Waals surface area contributed by atoms with Crippen LogP contribution in [-0.2, 0) is 12.1 Å². The Hall–Kier alpha value is -3.32. The second-order valence-electron chi connectivity index (χ2n) is 9.67. The summed E-state index contributed by atoms with van der Waals surface area (Å²) in [6.45, 7) is 14.0. The molecule has 4 rings (SSSR count). The van der Waals surface area contributed by atoms with E-state index in [0.29, 0.717) is 17.9 Å². The minimum absolute atomic E-state index is 0.111. The molecule has 0 radical (unpaired) electrons. The predicted molar refractivity (Wildman–Crippen MR) is 136 cm³/mol. The molecule has 0 spiro atoms. The lowest BCUT2D eigenvalue weighted by Crippen LogP contribution is -2.38. The van der Waals surface area contributed by atoms with Crippen LogP contribution in [-0.4, -0.2) is 36.6 Å². The maximum atomic E-state index is 13.6. The standard InChI is InChI=1S/C27H34N6O/c1-7-27(5,6)33-25(29-30-31-33)24(32(8-2)17-20-12-10-9-11-13-20)22-16-21-15-18(3)14-19(4)23(21)28-26(22)34/h9-16,24H,7-8,17H2,1-6H3,(H,28,34). The first-order valence-electron chi connectivity index (χ1n) is 12.0. The molecule has 2 heterocycles. The van der Waals surface area contributed by atoms with Crippen LogP contribution in [0.25, 0.3) is 10.9 Å². The molecule has 0 aliphatic heterocycles. The lowest BCUT2D eigenvalue weighted by molar-refractivity contribution is 0.197. The Labute approximate surface area is 200 Å². The third-order valence-electron chi connectivity index (χ3n) is 6.79. The number of aromatic nitrogens is 5. The molecular weight excluding hydrogens is 424 g/mol. The van der Waals surface area contributed by atoms with Crippen molar-refractivity contribution < 1.29 is 0 Å². The highest BCUT2D eigenvalue weighted by atomic mass is 16.1. The van der Waals surface area contributed by atoms with Crippen molar-refractivity contribution >= 4 is 10.9 Å². The third kappa shape index (κ3) is 4.53. The van der Waals surface area contributed by atoms with Gasteiger partial charge in [-0.2, -0.15) is 0 Å². The van der Waals surface area contributed by atoms with Gasteiger partial charge in [-0.3, -0.25) is 9.69 Å². The van der Waals surface area contributed by atoms with Gasteiger partial charge in [-0.15, -0.1) is 5.10 Å². The first-order chi connectivity index (χ1) is 16.2. The molecule has 0 bridgehead atoms. The van der Waals surface area contributed by atoms with Gasteiger partial charge in [0, 0.05) is 12.1 Å². The van der Waals surface area contributed by atoms with E-state index in [4.69, 9.17) is 0 Å². The van der Waals surface area contributed by atoms with E-state index in [1.165, 1.54) is 5.56 Å². The fourth-order valence-electron chi connectivity index (χ4n) is 4.56. The van der Waals surface area contributed by atoms with Crippen molar-refractivity contribution in [2.75, 3.05) is 6.54 Å². The normalized spacial score (nSPS) is 13.0. The number of hydrogen-bond acceptors (Lipinski definition) is 5. The van der Waals surface area contributed by atoms with Crippen LogP contribution in [0, 0.1) is 13.8 Å². The number of aromatic amines is 1. The summed E-state index contributed by atoms with van der Waals surface area (Å²) in [5.41, 5.74) is 4.51. The van der Waals surface area contributed by atoms with Crippen LogP contribution in [0.15, 0.2) is 53.3 Å². The van der Waals surface area contributed by atoms with Crippen molar-refractivity contribution in [3.63, 3.8) is 0 Å². The molecule has 0 aliphatic rings. The summed E-state index contributed by atoms with van der Waals surface area (Å²) in [4.78, 5) is 19.0. The topological polar surface area (TPSA) is 79.7 Å². The van der Waals surface area contributed by atoms with Gasteiger partial charge in [0.25, 0.3) is 5.56 Å². The van der Waals surface area contributed by atoms with E-state index in [9.17, 15) is 4.79 Å². The molecule has 178 valence electrons. The number of H-pyrrole nitrogens is 1. The van der Waals surface area contributed by atoms with Crippen LogP contribution in [0.2, 0.25) is 0 Å². The minimum Gasteiger partial charge on any atom is -0.321 e. The molecule has 7 nitrogen and oxygen atoms in total. The molecule has 4 aromatic rings. The number of nitrogens with zero attached hydrogens (tertiary/aromatic N) is 5. The highest BCUT2D eigenvalue weighted by Gasteiger charge is 2.34. The molecule has 0 fully saturated rings. The molecule has 1 N–H and O–H groups in total. The largest absolute Gasteiger partial charge is 0.321 e. The van der Waals surface area contributed by atoms with Crippen LogP contribution in [0.3, 0.4) is 0 Å². The summed E-state index contributed by atoms with van der Waals surface area (Å²) in [5.74, 6) is 0.679. The van der Waals surface area contributed by atoms with Crippen molar-refractivity contribution in [1.82, 2.24) is 30.1 Å². The minimum atomic E-state index is -0.403. The van der Waals surface area contributed by atoms with Crippen molar-refractivity contribution in [2.45, 2.75) is 66.1 Å². The molecule has 0 saturated carbocycles. The van der Waals surface area contributed by atoms with E-state index in [2.05, 4.69) is 84.3 Å². The summed E-state index contributed by atoms with van der Waals surface area (Å²) < 4.78 is 1.89. The summed E-state index contributed by atoms with van der Waals surface area (Å²) in [6, 6.07) is 16.1. The van der Waals surface area contributed by atoms with Gasteiger partial charge in [0.2, 0.25) is 0 Å². The van der Waals surface area contributed by atoms with E-state index in [1.54, 1.807) is 0 Å². The third-order valence-corrected chi connectivity index (χ3v) is 6.79. The van der Waals surface area contributed by atoms with Gasteiger partial charge >= 0.3 is 0 Å². The van der Waals surface area contributed by atoms with E-state index >= 15 is 0 Å². The molecule has 1 atom stereocenters. The monoisotopic (exact) mass is 458 g/mol. The first-order valence-corrected chi connectivity index (χ1v) is 12.0. The van der Waals surface area contributed by atoms with Crippen LogP contribution >= 0.6 is 0 Å². The zero-order valence-electron chi connectivity index (χ0n) is 21.0. The number of benzene rings is 2. The number of fused-ring (bicyclic) bond motifs is 1. The number of tetrazole rings is 1.